The Hall–Kier alpha value is -0.860. The van der Waals surface area contributed by atoms with Crippen molar-refractivity contribution in [1.29, 1.82) is 0 Å². The first kappa shape index (κ1) is 15.2. The predicted molar refractivity (Wildman–Crippen MR) is 80.1 cm³/mol. The third kappa shape index (κ3) is 6.77. The lowest BCUT2D eigenvalue weighted by molar-refractivity contribution is 0.389. The van der Waals surface area contributed by atoms with Crippen molar-refractivity contribution in [2.45, 2.75) is 52.6 Å². The van der Waals surface area contributed by atoms with Crippen LogP contribution in [0.3, 0.4) is 0 Å². The summed E-state index contributed by atoms with van der Waals surface area (Å²) in [4.78, 5) is 0. The average molecular weight is 248 g/mol. The molecule has 1 unspecified atom stereocenters. The maximum Gasteiger partial charge on any atom is 0.0164 e. The lowest BCUT2D eigenvalue weighted by atomic mass is 10.1. The third-order valence-electron chi connectivity index (χ3n) is 2.97. The molecule has 0 fully saturated rings. The Kier molecular flexibility index (Phi) is 5.83. The summed E-state index contributed by atoms with van der Waals surface area (Å²) < 4.78 is 0. The summed E-state index contributed by atoms with van der Waals surface area (Å²) in [7, 11) is 0. The molecule has 0 bridgehead atoms. The Labute approximate surface area is 112 Å². The lowest BCUT2D eigenvalue weighted by Gasteiger charge is -2.24. The Morgan fingerprint density at radius 3 is 2.28 bits per heavy atom. The molecular weight excluding hydrogens is 220 g/mol. The fraction of sp³-hybridized carbons (Fsp3) is 0.625. The summed E-state index contributed by atoms with van der Waals surface area (Å²) in [5, 5.41) is 7.07. The van der Waals surface area contributed by atoms with E-state index in [0.717, 1.165) is 19.5 Å². The van der Waals surface area contributed by atoms with E-state index in [9.17, 15) is 0 Å². The molecule has 2 nitrogen and oxygen atoms in total. The molecule has 0 heterocycles. The molecule has 102 valence electrons. The van der Waals surface area contributed by atoms with Crippen molar-refractivity contribution < 1.29 is 0 Å². The number of hydrogen-bond acceptors (Lipinski definition) is 2. The van der Waals surface area contributed by atoms with Crippen molar-refractivity contribution in [3.63, 3.8) is 0 Å². The predicted octanol–water partition coefficient (Wildman–Crippen LogP) is 2.90. The fourth-order valence-corrected chi connectivity index (χ4v) is 1.75. The summed E-state index contributed by atoms with van der Waals surface area (Å²) in [6.45, 7) is 13.0. The zero-order valence-electron chi connectivity index (χ0n) is 12.5. The molecule has 0 spiro atoms. The standard InChI is InChI=1S/C16H28N2/c1-13-6-8-15(9-7-13)10-11-17-14(2)12-18-16(3,4)5/h6-9,14,17-18H,10-12H2,1-5H3. The summed E-state index contributed by atoms with van der Waals surface area (Å²) in [5.74, 6) is 0. The van der Waals surface area contributed by atoms with Crippen molar-refractivity contribution in [2.75, 3.05) is 13.1 Å². The third-order valence-corrected chi connectivity index (χ3v) is 2.97. The molecule has 18 heavy (non-hydrogen) atoms. The second-order valence-corrected chi connectivity index (χ2v) is 6.22. The largest absolute Gasteiger partial charge is 0.313 e. The average Bonchev–Trinajstić information content (AvgIpc) is 2.28. The molecule has 0 aliphatic heterocycles. The van der Waals surface area contributed by atoms with Gasteiger partial charge in [-0.1, -0.05) is 29.8 Å². The van der Waals surface area contributed by atoms with Gasteiger partial charge < -0.3 is 10.6 Å². The minimum absolute atomic E-state index is 0.201. The van der Waals surface area contributed by atoms with E-state index in [-0.39, 0.29) is 5.54 Å². The van der Waals surface area contributed by atoms with E-state index in [0.29, 0.717) is 6.04 Å². The van der Waals surface area contributed by atoms with E-state index in [2.05, 4.69) is 69.5 Å². The first-order chi connectivity index (χ1) is 8.37. The summed E-state index contributed by atoms with van der Waals surface area (Å²) in [6.07, 6.45) is 1.10. The monoisotopic (exact) mass is 248 g/mol. The Morgan fingerprint density at radius 2 is 1.72 bits per heavy atom. The molecule has 0 aliphatic carbocycles. The van der Waals surface area contributed by atoms with Crippen LogP contribution in [-0.4, -0.2) is 24.7 Å². The Bertz CT molecular complexity index is 335. The Balaban J connectivity index is 2.19. The number of aryl methyl sites for hydroxylation is 1. The van der Waals surface area contributed by atoms with Gasteiger partial charge in [0.1, 0.15) is 0 Å². The molecule has 1 atom stereocenters. The quantitative estimate of drug-likeness (QED) is 0.809. The molecular formula is C16H28N2. The molecule has 1 rings (SSSR count). The van der Waals surface area contributed by atoms with E-state index < -0.39 is 0 Å². The van der Waals surface area contributed by atoms with Crippen LogP contribution < -0.4 is 10.6 Å². The van der Waals surface area contributed by atoms with Crippen LogP contribution in [0.4, 0.5) is 0 Å². The molecule has 0 aliphatic rings. The summed E-state index contributed by atoms with van der Waals surface area (Å²) in [6, 6.07) is 9.30. The van der Waals surface area contributed by atoms with E-state index in [1.165, 1.54) is 11.1 Å². The van der Waals surface area contributed by atoms with Gasteiger partial charge in [0.2, 0.25) is 0 Å². The van der Waals surface area contributed by atoms with Crippen LogP contribution in [-0.2, 0) is 6.42 Å². The van der Waals surface area contributed by atoms with Crippen LogP contribution in [0.1, 0.15) is 38.8 Å². The van der Waals surface area contributed by atoms with Crippen LogP contribution in [0.2, 0.25) is 0 Å². The van der Waals surface area contributed by atoms with E-state index in [1.54, 1.807) is 0 Å². The highest BCUT2D eigenvalue weighted by Crippen LogP contribution is 2.03. The van der Waals surface area contributed by atoms with Gasteiger partial charge in [0.25, 0.3) is 0 Å². The van der Waals surface area contributed by atoms with Crippen LogP contribution in [0.5, 0.6) is 0 Å². The minimum atomic E-state index is 0.201. The molecule has 0 saturated heterocycles. The number of hydrogen-bond donors (Lipinski definition) is 2. The van der Waals surface area contributed by atoms with Gasteiger partial charge in [-0.2, -0.15) is 0 Å². The van der Waals surface area contributed by atoms with Gasteiger partial charge in [-0.3, -0.25) is 0 Å². The van der Waals surface area contributed by atoms with Gasteiger partial charge in [0.15, 0.2) is 0 Å². The van der Waals surface area contributed by atoms with Crippen LogP contribution in [0, 0.1) is 6.92 Å². The van der Waals surface area contributed by atoms with Gasteiger partial charge in [-0.05, 0) is 53.1 Å². The smallest absolute Gasteiger partial charge is 0.0164 e. The molecule has 2 heteroatoms. The highest BCUT2D eigenvalue weighted by molar-refractivity contribution is 5.21. The van der Waals surface area contributed by atoms with Gasteiger partial charge in [-0.15, -0.1) is 0 Å². The molecule has 2 N–H and O–H groups in total. The first-order valence-corrected chi connectivity index (χ1v) is 6.91. The van der Waals surface area contributed by atoms with Gasteiger partial charge >= 0.3 is 0 Å². The normalized spacial score (nSPS) is 13.6. The molecule has 0 amide bonds. The second-order valence-electron chi connectivity index (χ2n) is 6.22. The zero-order valence-corrected chi connectivity index (χ0v) is 12.5. The maximum atomic E-state index is 3.56. The van der Waals surface area contributed by atoms with Crippen molar-refractivity contribution in [3.8, 4) is 0 Å². The van der Waals surface area contributed by atoms with Crippen molar-refractivity contribution in [3.05, 3.63) is 35.4 Å². The molecule has 0 radical (unpaired) electrons. The van der Waals surface area contributed by atoms with Gasteiger partial charge in [0, 0.05) is 18.1 Å². The van der Waals surface area contributed by atoms with Crippen LogP contribution in [0.25, 0.3) is 0 Å². The fourth-order valence-electron chi connectivity index (χ4n) is 1.75. The van der Waals surface area contributed by atoms with Crippen LogP contribution in [0.15, 0.2) is 24.3 Å². The van der Waals surface area contributed by atoms with Gasteiger partial charge in [-0.25, -0.2) is 0 Å². The molecule has 1 aromatic carbocycles. The van der Waals surface area contributed by atoms with E-state index >= 15 is 0 Å². The Morgan fingerprint density at radius 1 is 1.11 bits per heavy atom. The summed E-state index contributed by atoms with van der Waals surface area (Å²) in [5.41, 5.74) is 2.94. The first-order valence-electron chi connectivity index (χ1n) is 6.91. The van der Waals surface area contributed by atoms with Crippen LogP contribution >= 0.6 is 0 Å². The van der Waals surface area contributed by atoms with Gasteiger partial charge in [0.05, 0.1) is 0 Å². The van der Waals surface area contributed by atoms with Crippen molar-refractivity contribution in [2.24, 2.45) is 0 Å². The van der Waals surface area contributed by atoms with Crippen molar-refractivity contribution in [1.82, 2.24) is 10.6 Å². The number of rotatable bonds is 6. The zero-order chi connectivity index (χ0) is 13.6. The maximum absolute atomic E-state index is 3.56. The highest BCUT2D eigenvalue weighted by atomic mass is 15.0. The summed E-state index contributed by atoms with van der Waals surface area (Å²) >= 11 is 0. The van der Waals surface area contributed by atoms with Crippen molar-refractivity contribution >= 4 is 0 Å². The SMILES string of the molecule is Cc1ccc(CCNC(C)CNC(C)(C)C)cc1. The van der Waals surface area contributed by atoms with E-state index in [4.69, 9.17) is 0 Å². The highest BCUT2D eigenvalue weighted by Gasteiger charge is 2.10. The lowest BCUT2D eigenvalue weighted by Crippen LogP contribution is -2.44. The minimum Gasteiger partial charge on any atom is -0.313 e. The van der Waals surface area contributed by atoms with E-state index in [1.807, 2.05) is 0 Å². The topological polar surface area (TPSA) is 24.1 Å². The second kappa shape index (κ2) is 6.91. The molecule has 0 aromatic heterocycles. The number of nitrogens with one attached hydrogen (secondary N) is 2. The molecule has 1 aromatic rings. The number of benzene rings is 1. The molecule has 0 saturated carbocycles.